The smallest absolute Gasteiger partial charge is 0.244 e. The number of hydrogen-bond donors (Lipinski definition) is 1. The number of amides is 1. The molecular weight excluding hydrogens is 262 g/mol. The first-order valence-electron chi connectivity index (χ1n) is 5.81. The van der Waals surface area contributed by atoms with E-state index in [9.17, 15) is 4.79 Å². The Labute approximate surface area is 116 Å². The highest BCUT2D eigenvalue weighted by molar-refractivity contribution is 7.71. The molecule has 2 aromatic heterocycles. The van der Waals surface area contributed by atoms with Gasteiger partial charge in [0.05, 0.1) is 0 Å². The summed E-state index contributed by atoms with van der Waals surface area (Å²) < 4.78 is 2.14. The van der Waals surface area contributed by atoms with Crippen molar-refractivity contribution in [1.82, 2.24) is 24.6 Å². The molecule has 1 unspecified atom stereocenters. The van der Waals surface area contributed by atoms with Crippen LogP contribution in [0.2, 0.25) is 0 Å². The van der Waals surface area contributed by atoms with E-state index in [2.05, 4.69) is 15.2 Å². The van der Waals surface area contributed by atoms with Crippen molar-refractivity contribution in [2.24, 2.45) is 0 Å². The number of aromatic nitrogens is 4. The van der Waals surface area contributed by atoms with Crippen LogP contribution in [0.15, 0.2) is 24.5 Å². The first-order valence-corrected chi connectivity index (χ1v) is 6.21. The molecule has 2 heterocycles. The highest BCUT2D eigenvalue weighted by atomic mass is 32.1. The second-order valence-electron chi connectivity index (χ2n) is 4.37. The molecule has 0 aromatic carbocycles. The summed E-state index contributed by atoms with van der Waals surface area (Å²) in [6.45, 7) is 1.80. The Balaban J connectivity index is 2.50. The third-order valence-electron chi connectivity index (χ3n) is 2.83. The third kappa shape index (κ3) is 2.55. The van der Waals surface area contributed by atoms with Gasteiger partial charge in [0.15, 0.2) is 10.6 Å². The van der Waals surface area contributed by atoms with Gasteiger partial charge in [-0.3, -0.25) is 19.4 Å². The molecule has 0 aliphatic heterocycles. The van der Waals surface area contributed by atoms with Crippen LogP contribution in [0.1, 0.15) is 13.0 Å². The number of aromatic amines is 1. The summed E-state index contributed by atoms with van der Waals surface area (Å²) in [6, 6.07) is 3.24. The van der Waals surface area contributed by atoms with Crippen LogP contribution in [-0.2, 0) is 4.79 Å². The van der Waals surface area contributed by atoms with Crippen molar-refractivity contribution in [1.29, 1.82) is 0 Å². The lowest BCUT2D eigenvalue weighted by Gasteiger charge is -2.19. The molecule has 1 atom stereocenters. The molecule has 1 N–H and O–H groups in total. The number of nitrogens with one attached hydrogen (secondary N) is 1. The molecule has 0 radical (unpaired) electrons. The average molecular weight is 277 g/mol. The van der Waals surface area contributed by atoms with Gasteiger partial charge >= 0.3 is 0 Å². The van der Waals surface area contributed by atoms with E-state index in [1.54, 1.807) is 38.0 Å². The highest BCUT2D eigenvalue weighted by Gasteiger charge is 2.21. The lowest BCUT2D eigenvalue weighted by atomic mass is 10.2. The molecule has 19 heavy (non-hydrogen) atoms. The number of likely N-dealkylation sites (N-methyl/N-ethyl adjacent to an activating group) is 1. The fourth-order valence-electron chi connectivity index (χ4n) is 1.85. The molecule has 0 saturated carbocycles. The fourth-order valence-corrected chi connectivity index (χ4v) is 2.14. The number of nitrogens with zero attached hydrogens (tertiary/aromatic N) is 4. The van der Waals surface area contributed by atoms with Crippen molar-refractivity contribution >= 4 is 18.1 Å². The normalized spacial score (nSPS) is 12.2. The van der Waals surface area contributed by atoms with Crippen molar-refractivity contribution in [2.75, 3.05) is 14.1 Å². The second-order valence-corrected chi connectivity index (χ2v) is 4.75. The topological polar surface area (TPSA) is 66.8 Å². The van der Waals surface area contributed by atoms with Gasteiger partial charge in [-0.05, 0) is 31.3 Å². The van der Waals surface area contributed by atoms with Crippen molar-refractivity contribution in [2.45, 2.75) is 13.0 Å². The molecule has 6 nitrogen and oxygen atoms in total. The predicted octanol–water partition coefficient (Wildman–Crippen LogP) is 1.65. The zero-order chi connectivity index (χ0) is 14.0. The van der Waals surface area contributed by atoms with Crippen molar-refractivity contribution in [3.63, 3.8) is 0 Å². The maximum Gasteiger partial charge on any atom is 0.244 e. The molecule has 2 aromatic rings. The number of carbonyl (C=O) groups is 1. The Hall–Kier alpha value is -2.02. The van der Waals surface area contributed by atoms with Gasteiger partial charge in [0.2, 0.25) is 5.91 Å². The largest absolute Gasteiger partial charge is 0.347 e. The van der Waals surface area contributed by atoms with E-state index in [-0.39, 0.29) is 5.91 Å². The summed E-state index contributed by atoms with van der Waals surface area (Å²) in [5.41, 5.74) is 0.862. The molecule has 2 rings (SSSR count). The summed E-state index contributed by atoms with van der Waals surface area (Å²) in [7, 11) is 3.43. The summed E-state index contributed by atoms with van der Waals surface area (Å²) in [5.74, 6) is 0.600. The maximum atomic E-state index is 12.1. The minimum atomic E-state index is -0.413. The van der Waals surface area contributed by atoms with Gasteiger partial charge < -0.3 is 4.90 Å². The van der Waals surface area contributed by atoms with Gasteiger partial charge in [-0.25, -0.2) is 0 Å². The van der Waals surface area contributed by atoms with Crippen molar-refractivity contribution in [3.8, 4) is 11.4 Å². The van der Waals surface area contributed by atoms with E-state index in [4.69, 9.17) is 12.2 Å². The molecule has 7 heteroatoms. The van der Waals surface area contributed by atoms with Crippen LogP contribution in [-0.4, -0.2) is 44.7 Å². The summed E-state index contributed by atoms with van der Waals surface area (Å²) in [5, 5.41) is 6.93. The Kier molecular flexibility index (Phi) is 3.75. The van der Waals surface area contributed by atoms with E-state index in [0.29, 0.717) is 10.6 Å². The molecule has 0 fully saturated rings. The van der Waals surface area contributed by atoms with Crippen LogP contribution in [0.25, 0.3) is 11.4 Å². The Morgan fingerprint density at radius 2 is 2.05 bits per heavy atom. The van der Waals surface area contributed by atoms with Gasteiger partial charge in [0, 0.05) is 32.1 Å². The van der Waals surface area contributed by atoms with Gasteiger partial charge in [-0.15, -0.1) is 0 Å². The molecule has 0 bridgehead atoms. The van der Waals surface area contributed by atoms with Gasteiger partial charge in [-0.1, -0.05) is 0 Å². The van der Waals surface area contributed by atoms with E-state index in [0.717, 1.165) is 5.56 Å². The molecule has 0 aliphatic rings. The maximum absolute atomic E-state index is 12.1. The zero-order valence-electron chi connectivity index (χ0n) is 11.0. The molecule has 0 spiro atoms. The van der Waals surface area contributed by atoms with Gasteiger partial charge in [-0.2, -0.15) is 5.10 Å². The van der Waals surface area contributed by atoms with Crippen LogP contribution >= 0.6 is 12.2 Å². The summed E-state index contributed by atoms with van der Waals surface area (Å²) in [4.78, 5) is 17.6. The van der Waals surface area contributed by atoms with E-state index < -0.39 is 6.04 Å². The zero-order valence-corrected chi connectivity index (χ0v) is 11.8. The quantitative estimate of drug-likeness (QED) is 0.866. The first kappa shape index (κ1) is 13.4. The third-order valence-corrected chi connectivity index (χ3v) is 3.12. The van der Waals surface area contributed by atoms with Crippen molar-refractivity contribution < 1.29 is 4.79 Å². The predicted molar refractivity (Wildman–Crippen MR) is 74.0 cm³/mol. The number of H-pyrrole nitrogens is 1. The Bertz CT molecular complexity index is 631. The van der Waals surface area contributed by atoms with E-state index >= 15 is 0 Å². The second kappa shape index (κ2) is 5.31. The molecule has 100 valence electrons. The van der Waals surface area contributed by atoms with Crippen LogP contribution in [0, 0.1) is 4.77 Å². The number of rotatable bonds is 3. The monoisotopic (exact) mass is 277 g/mol. The molecular formula is C12H15N5OS. The number of hydrogen-bond acceptors (Lipinski definition) is 4. The molecule has 0 aliphatic carbocycles. The highest BCUT2D eigenvalue weighted by Crippen LogP contribution is 2.21. The Morgan fingerprint density at radius 3 is 2.63 bits per heavy atom. The Morgan fingerprint density at radius 1 is 1.42 bits per heavy atom. The SMILES string of the molecule is CC(C(=O)N(C)C)n1c(-c2ccncc2)n[nH]c1=S. The van der Waals surface area contributed by atoms with E-state index in [1.807, 2.05) is 12.1 Å². The van der Waals surface area contributed by atoms with Crippen LogP contribution in [0.5, 0.6) is 0 Å². The lowest BCUT2D eigenvalue weighted by Crippen LogP contribution is -2.30. The van der Waals surface area contributed by atoms with E-state index in [1.165, 1.54) is 4.90 Å². The summed E-state index contributed by atoms with van der Waals surface area (Å²) >= 11 is 5.21. The minimum absolute atomic E-state index is 0.0344. The van der Waals surface area contributed by atoms with Gasteiger partial charge in [0.25, 0.3) is 0 Å². The van der Waals surface area contributed by atoms with Crippen molar-refractivity contribution in [3.05, 3.63) is 29.3 Å². The van der Waals surface area contributed by atoms with Crippen LogP contribution < -0.4 is 0 Å². The lowest BCUT2D eigenvalue weighted by molar-refractivity contribution is -0.131. The van der Waals surface area contributed by atoms with Crippen LogP contribution in [0.3, 0.4) is 0 Å². The fraction of sp³-hybridized carbons (Fsp3) is 0.333. The summed E-state index contributed by atoms with van der Waals surface area (Å²) in [6.07, 6.45) is 3.35. The number of pyridine rings is 1. The molecule has 0 saturated heterocycles. The standard InChI is InChI=1S/C12H15N5OS/c1-8(11(18)16(2)3)17-10(14-15-12(17)19)9-4-6-13-7-5-9/h4-8H,1-3H3,(H,15,19). The number of carbonyl (C=O) groups excluding carboxylic acids is 1. The van der Waals surface area contributed by atoms with Crippen LogP contribution in [0.4, 0.5) is 0 Å². The minimum Gasteiger partial charge on any atom is -0.347 e. The molecule has 1 amide bonds. The first-order chi connectivity index (χ1) is 9.02. The van der Waals surface area contributed by atoms with Gasteiger partial charge in [0.1, 0.15) is 6.04 Å². The average Bonchev–Trinajstić information content (AvgIpc) is 2.79.